The summed E-state index contributed by atoms with van der Waals surface area (Å²) in [5.41, 5.74) is 1.32. The molecular weight excluding hydrogens is 192 g/mol. The van der Waals surface area contributed by atoms with Crippen LogP contribution in [0.2, 0.25) is 0 Å². The number of hydrogen-bond acceptors (Lipinski definition) is 3. The molecule has 1 N–H and O–H groups in total. The van der Waals surface area contributed by atoms with E-state index >= 15 is 0 Å². The largest absolute Gasteiger partial charge is 0.461 e. The van der Waals surface area contributed by atoms with E-state index in [1.807, 2.05) is 0 Å². The number of esters is 1. The van der Waals surface area contributed by atoms with E-state index in [1.165, 1.54) is 12.0 Å². The smallest absolute Gasteiger partial charge is 0.306 e. The van der Waals surface area contributed by atoms with Gasteiger partial charge in [-0.05, 0) is 25.7 Å². The number of allylic oxidation sites excluding steroid dienone is 1. The molecule has 4 atom stereocenters. The molecule has 1 saturated carbocycles. The minimum absolute atomic E-state index is 0.0344. The van der Waals surface area contributed by atoms with Crippen LogP contribution in [0.25, 0.3) is 0 Å². The highest BCUT2D eigenvalue weighted by Gasteiger charge is 2.48. The second-order valence-electron chi connectivity index (χ2n) is 4.91. The Kier molecular flexibility index (Phi) is 2.09. The Morgan fingerprint density at radius 2 is 2.27 bits per heavy atom. The lowest BCUT2D eigenvalue weighted by Crippen LogP contribution is -2.41. The first-order valence-corrected chi connectivity index (χ1v) is 5.82. The van der Waals surface area contributed by atoms with Gasteiger partial charge in [0.1, 0.15) is 6.10 Å². The number of aliphatic hydroxyl groups excluding tert-OH is 1. The highest BCUT2D eigenvalue weighted by Crippen LogP contribution is 2.45. The third-order valence-electron chi connectivity index (χ3n) is 4.03. The molecule has 2 aliphatic carbocycles. The lowest BCUT2D eigenvalue weighted by molar-refractivity contribution is -0.143. The number of aliphatic hydroxyl groups is 1. The molecule has 15 heavy (non-hydrogen) atoms. The molecule has 0 radical (unpaired) electrons. The van der Waals surface area contributed by atoms with Crippen molar-refractivity contribution in [2.45, 2.75) is 44.3 Å². The first-order valence-electron chi connectivity index (χ1n) is 5.82. The van der Waals surface area contributed by atoms with Crippen molar-refractivity contribution in [1.29, 1.82) is 0 Å². The lowest BCUT2D eigenvalue weighted by atomic mass is 9.70. The van der Waals surface area contributed by atoms with Crippen LogP contribution in [0.15, 0.2) is 11.6 Å². The van der Waals surface area contributed by atoms with Crippen molar-refractivity contribution in [3.05, 3.63) is 11.6 Å². The number of fused-ring (bicyclic) bond motifs is 3. The van der Waals surface area contributed by atoms with Crippen LogP contribution in [0, 0.1) is 11.8 Å². The highest BCUT2D eigenvalue weighted by molar-refractivity contribution is 5.72. The van der Waals surface area contributed by atoms with Gasteiger partial charge in [-0.2, -0.15) is 0 Å². The topological polar surface area (TPSA) is 46.5 Å². The maximum Gasteiger partial charge on any atom is 0.306 e. The summed E-state index contributed by atoms with van der Waals surface area (Å²) in [4.78, 5) is 11.3. The molecule has 0 unspecified atom stereocenters. The van der Waals surface area contributed by atoms with Gasteiger partial charge >= 0.3 is 5.97 Å². The van der Waals surface area contributed by atoms with Gasteiger partial charge in [-0.25, -0.2) is 0 Å². The monoisotopic (exact) mass is 208 g/mol. The van der Waals surface area contributed by atoms with E-state index in [9.17, 15) is 9.90 Å². The van der Waals surface area contributed by atoms with Gasteiger partial charge in [0.2, 0.25) is 0 Å². The number of hydrogen-bond donors (Lipinski definition) is 1. The van der Waals surface area contributed by atoms with Gasteiger partial charge in [0, 0.05) is 11.8 Å². The zero-order valence-electron chi connectivity index (χ0n) is 8.69. The molecule has 3 nitrogen and oxygen atoms in total. The Bertz CT molecular complexity index is 321. The number of ether oxygens (including phenoxy) is 1. The van der Waals surface area contributed by atoms with Gasteiger partial charge < -0.3 is 9.84 Å². The predicted octanol–water partition coefficient (Wildman–Crippen LogP) is 1.41. The highest BCUT2D eigenvalue weighted by atomic mass is 16.6. The van der Waals surface area contributed by atoms with Crippen molar-refractivity contribution in [2.24, 2.45) is 11.8 Å². The van der Waals surface area contributed by atoms with Gasteiger partial charge in [0.25, 0.3) is 0 Å². The summed E-state index contributed by atoms with van der Waals surface area (Å²) >= 11 is 0. The van der Waals surface area contributed by atoms with Crippen LogP contribution in [-0.4, -0.2) is 23.3 Å². The van der Waals surface area contributed by atoms with Crippen molar-refractivity contribution in [3.63, 3.8) is 0 Å². The van der Waals surface area contributed by atoms with Gasteiger partial charge in [-0.1, -0.05) is 11.6 Å². The van der Waals surface area contributed by atoms with E-state index in [0.29, 0.717) is 12.3 Å². The molecule has 0 aromatic rings. The van der Waals surface area contributed by atoms with E-state index in [0.717, 1.165) is 19.3 Å². The van der Waals surface area contributed by atoms with Crippen LogP contribution in [0.3, 0.4) is 0 Å². The molecule has 1 heterocycles. The lowest BCUT2D eigenvalue weighted by Gasteiger charge is -2.39. The zero-order valence-corrected chi connectivity index (χ0v) is 8.69. The molecule has 0 amide bonds. The van der Waals surface area contributed by atoms with Crippen molar-refractivity contribution < 1.29 is 14.6 Å². The van der Waals surface area contributed by atoms with Crippen LogP contribution in [0.5, 0.6) is 0 Å². The minimum Gasteiger partial charge on any atom is -0.461 e. The Morgan fingerprint density at radius 1 is 1.40 bits per heavy atom. The van der Waals surface area contributed by atoms with Crippen molar-refractivity contribution >= 4 is 5.97 Å². The summed E-state index contributed by atoms with van der Waals surface area (Å²) in [6.07, 6.45) is 6.41. The molecule has 0 bridgehead atoms. The Hall–Kier alpha value is -0.830. The van der Waals surface area contributed by atoms with Gasteiger partial charge in [0.05, 0.1) is 12.5 Å². The quantitative estimate of drug-likeness (QED) is 0.483. The first-order chi connectivity index (χ1) is 7.25. The fourth-order valence-electron chi connectivity index (χ4n) is 3.30. The zero-order chi connectivity index (χ0) is 10.4. The van der Waals surface area contributed by atoms with Crippen molar-refractivity contribution in [2.75, 3.05) is 0 Å². The average Bonchev–Trinajstić information content (AvgIpc) is 2.61. The molecule has 82 valence electrons. The van der Waals surface area contributed by atoms with Crippen molar-refractivity contribution in [1.82, 2.24) is 0 Å². The second kappa shape index (κ2) is 3.34. The molecule has 1 aliphatic heterocycles. The predicted molar refractivity (Wildman–Crippen MR) is 54.0 cm³/mol. The molecular formula is C12H16O3. The third kappa shape index (κ3) is 1.41. The number of carbonyl (C=O) groups excluding carboxylic acids is 1. The summed E-state index contributed by atoms with van der Waals surface area (Å²) in [6.45, 7) is 0. The third-order valence-corrected chi connectivity index (χ3v) is 4.03. The Balaban J connectivity index is 1.91. The SMILES string of the molecule is O=C1C[C@@H]2[C@@H](O1)[C@@H]1CCCC=C1C[C@@H]2O. The van der Waals surface area contributed by atoms with Crippen LogP contribution >= 0.6 is 0 Å². The van der Waals surface area contributed by atoms with Gasteiger partial charge in [-0.3, -0.25) is 4.79 Å². The standard InChI is InChI=1S/C12H16O3/c13-10-5-7-3-1-2-4-8(7)12-9(10)6-11(14)15-12/h3,8-10,12-13H,1-2,4-6H2/t8-,9+,10+,12+/m1/s1. The van der Waals surface area contributed by atoms with Crippen molar-refractivity contribution in [3.8, 4) is 0 Å². The molecule has 0 aromatic carbocycles. The average molecular weight is 208 g/mol. The Labute approximate surface area is 89.1 Å². The van der Waals surface area contributed by atoms with Crippen LogP contribution in [-0.2, 0) is 9.53 Å². The summed E-state index contributed by atoms with van der Waals surface area (Å²) in [6, 6.07) is 0. The Morgan fingerprint density at radius 3 is 3.13 bits per heavy atom. The van der Waals surface area contributed by atoms with Gasteiger partial charge in [0.15, 0.2) is 0 Å². The van der Waals surface area contributed by atoms with E-state index < -0.39 is 0 Å². The number of carbonyl (C=O) groups is 1. The second-order valence-corrected chi connectivity index (χ2v) is 4.91. The maximum atomic E-state index is 11.3. The molecule has 1 saturated heterocycles. The molecule has 0 spiro atoms. The van der Waals surface area contributed by atoms with E-state index in [-0.39, 0.29) is 24.1 Å². The summed E-state index contributed by atoms with van der Waals surface area (Å²) in [5, 5.41) is 9.96. The molecule has 3 rings (SSSR count). The van der Waals surface area contributed by atoms with Crippen LogP contribution in [0.1, 0.15) is 32.1 Å². The fraction of sp³-hybridized carbons (Fsp3) is 0.750. The molecule has 2 fully saturated rings. The molecule has 0 aromatic heterocycles. The van der Waals surface area contributed by atoms with Gasteiger partial charge in [-0.15, -0.1) is 0 Å². The summed E-state index contributed by atoms with van der Waals surface area (Å²) in [7, 11) is 0. The number of rotatable bonds is 0. The molecule has 3 aliphatic rings. The maximum absolute atomic E-state index is 11.3. The van der Waals surface area contributed by atoms with E-state index in [2.05, 4.69) is 6.08 Å². The fourth-order valence-corrected chi connectivity index (χ4v) is 3.30. The normalized spacial score (nSPS) is 44.1. The first kappa shape index (κ1) is 9.40. The van der Waals surface area contributed by atoms with Crippen LogP contribution < -0.4 is 0 Å². The minimum atomic E-state index is -0.373. The van der Waals surface area contributed by atoms with Crippen LogP contribution in [0.4, 0.5) is 0 Å². The van der Waals surface area contributed by atoms with E-state index in [1.54, 1.807) is 0 Å². The summed E-state index contributed by atoms with van der Waals surface area (Å²) in [5.74, 6) is 0.326. The molecule has 3 heteroatoms. The van der Waals surface area contributed by atoms with E-state index in [4.69, 9.17) is 4.74 Å². The summed E-state index contributed by atoms with van der Waals surface area (Å²) < 4.78 is 5.37.